The third kappa shape index (κ3) is 6.32. The van der Waals surface area contributed by atoms with Crippen LogP contribution in [0.15, 0.2) is 97.1 Å². The number of hydrogen-bond acceptors (Lipinski definition) is 12. The molecule has 10 aromatic rings. The molecule has 0 atom stereocenters. The van der Waals surface area contributed by atoms with Crippen LogP contribution in [-0.2, 0) is 32.3 Å². The molecule has 2 aliphatic rings. The monoisotopic (exact) mass is 982 g/mol. The summed E-state index contributed by atoms with van der Waals surface area (Å²) in [7, 11) is 0. The average molecular weight is 983 g/mol. The minimum Gasteiger partial charge on any atom is -0.444 e. The van der Waals surface area contributed by atoms with Gasteiger partial charge in [0.05, 0.1) is 61.4 Å². The second-order valence-corrected chi connectivity index (χ2v) is 20.0. The second-order valence-electron chi connectivity index (χ2n) is 15.7. The number of Topliss-reactive ketones (excluding diaryl/α,β-unsaturated/α-hetero) is 4. The third-order valence-corrected chi connectivity index (χ3v) is 16.6. The van der Waals surface area contributed by atoms with Gasteiger partial charge in [0.2, 0.25) is 23.1 Å². The number of fused-ring (bicyclic) bond motifs is 11. The second kappa shape index (κ2) is 15.5. The highest BCUT2D eigenvalue weighted by Gasteiger charge is 2.39. The molecule has 4 aromatic carbocycles. The summed E-state index contributed by atoms with van der Waals surface area (Å²) in [6, 6.07) is 24.2. The van der Waals surface area contributed by atoms with Crippen molar-refractivity contribution in [2.24, 2.45) is 0 Å². The highest BCUT2D eigenvalue weighted by atomic mass is 32.1. The zero-order valence-corrected chi connectivity index (χ0v) is 37.4. The SMILES string of the molecule is O=C1C(=O)c2c(F)cc(F)cc2/C1=C/c1cc2c(s1)c1sc3c(sc4c5sc(/C=C6\C(=O)C(=O)c7c(F)cc(F)cc76)cc5n(C(=O)OCc5ccccc5)c43)c1n2C(=O)OCc1ccccc1. The first-order chi connectivity index (χ1) is 32.8. The summed E-state index contributed by atoms with van der Waals surface area (Å²) in [6.45, 7) is -0.174. The number of carbonyl (C=O) groups is 6. The van der Waals surface area contributed by atoms with Crippen molar-refractivity contribution in [2.45, 2.75) is 13.2 Å². The van der Waals surface area contributed by atoms with Crippen LogP contribution < -0.4 is 0 Å². The number of benzene rings is 4. The van der Waals surface area contributed by atoms with Crippen LogP contribution in [0.2, 0.25) is 0 Å². The molecule has 0 bridgehead atoms. The molecule has 18 heteroatoms. The average Bonchev–Trinajstić information content (AvgIpc) is 4.20. The van der Waals surface area contributed by atoms with E-state index in [1.165, 1.54) is 66.6 Å². The van der Waals surface area contributed by atoms with E-state index in [2.05, 4.69) is 0 Å². The van der Waals surface area contributed by atoms with Crippen LogP contribution in [0.3, 0.4) is 0 Å². The van der Waals surface area contributed by atoms with Gasteiger partial charge in [0.15, 0.2) is 0 Å². The Morgan fingerprint density at radius 2 is 0.868 bits per heavy atom. The van der Waals surface area contributed by atoms with Crippen LogP contribution in [-0.4, -0.2) is 44.5 Å². The van der Waals surface area contributed by atoms with E-state index in [4.69, 9.17) is 9.47 Å². The summed E-state index contributed by atoms with van der Waals surface area (Å²) < 4.78 is 76.6. The fraction of sp³-hybridized carbons (Fsp3) is 0.0400. The summed E-state index contributed by atoms with van der Waals surface area (Å²) in [6.07, 6.45) is 1.22. The number of rotatable bonds is 6. The highest BCUT2D eigenvalue weighted by Crippen LogP contribution is 2.53. The summed E-state index contributed by atoms with van der Waals surface area (Å²) in [5, 5.41) is 0. The molecular formula is C50H22F4N2O8S4. The number of ether oxygens (including phenoxy) is 2. The zero-order valence-electron chi connectivity index (χ0n) is 34.1. The van der Waals surface area contributed by atoms with E-state index in [1.807, 2.05) is 12.1 Å². The molecule has 0 spiro atoms. The quantitative estimate of drug-likeness (QED) is 0.0914. The smallest absolute Gasteiger partial charge is 0.419 e. The summed E-state index contributed by atoms with van der Waals surface area (Å²) >= 11 is 4.91. The number of nitrogens with zero attached hydrogens (tertiary/aromatic N) is 2. The van der Waals surface area contributed by atoms with Gasteiger partial charge in [-0.15, -0.1) is 45.3 Å². The lowest BCUT2D eigenvalue weighted by molar-refractivity contribution is -0.110. The van der Waals surface area contributed by atoms with E-state index in [9.17, 15) is 46.3 Å². The standard InChI is InChI=1S/C50H22F4N2O8S4/c51-23-11-27-29(39(57)41(59)35(27)31(53)13-23)15-25-17-33-43(65-25)45-37(55(33)49(61)63-19-21-7-3-1-4-8-21)47-48(67-45)38-46(68-47)44-34(56(38)50(62)64-20-22-9-5-2-6-10-22)18-26(66-44)16-30-28-12-24(52)14-32(54)36(28)42(60)40(30)58/h1-18H,19-20H2/b29-15-,30-16-. The van der Waals surface area contributed by atoms with Gasteiger partial charge in [-0.25, -0.2) is 36.3 Å². The molecule has 0 saturated carbocycles. The summed E-state index contributed by atoms with van der Waals surface area (Å²) in [4.78, 5) is 81.7. The maximum Gasteiger partial charge on any atom is 0.419 e. The summed E-state index contributed by atoms with van der Waals surface area (Å²) in [5.41, 5.74) is 1.30. The fourth-order valence-corrected chi connectivity index (χ4v) is 14.0. The predicted octanol–water partition coefficient (Wildman–Crippen LogP) is 12.8. The first kappa shape index (κ1) is 41.8. The van der Waals surface area contributed by atoms with Gasteiger partial charge in [-0.1, -0.05) is 60.7 Å². The number of halogens is 4. The van der Waals surface area contributed by atoms with E-state index < -0.39 is 69.7 Å². The van der Waals surface area contributed by atoms with Crippen molar-refractivity contribution in [3.8, 4) is 0 Å². The van der Waals surface area contributed by atoms with Crippen molar-refractivity contribution >= 4 is 154 Å². The molecule has 68 heavy (non-hydrogen) atoms. The molecule has 0 aliphatic heterocycles. The normalized spacial score (nSPS) is 14.9. The molecule has 0 fully saturated rings. The molecule has 0 radical (unpaired) electrons. The van der Waals surface area contributed by atoms with Crippen molar-refractivity contribution in [1.29, 1.82) is 0 Å². The van der Waals surface area contributed by atoms with E-state index in [0.29, 0.717) is 83.3 Å². The lowest BCUT2D eigenvalue weighted by atomic mass is 10.1. The van der Waals surface area contributed by atoms with Gasteiger partial charge in [0, 0.05) is 44.2 Å². The van der Waals surface area contributed by atoms with Crippen molar-refractivity contribution in [3.63, 3.8) is 0 Å². The minimum atomic E-state index is -1.15. The van der Waals surface area contributed by atoms with E-state index in [0.717, 1.165) is 12.1 Å². The van der Waals surface area contributed by atoms with Crippen LogP contribution in [0.25, 0.3) is 73.6 Å². The van der Waals surface area contributed by atoms with Crippen molar-refractivity contribution in [2.75, 3.05) is 0 Å². The minimum absolute atomic E-state index is 0.0869. The maximum absolute atomic E-state index is 14.8. The first-order valence-corrected chi connectivity index (χ1v) is 23.6. The van der Waals surface area contributed by atoms with Crippen LogP contribution >= 0.6 is 45.3 Å². The zero-order chi connectivity index (χ0) is 46.9. The molecule has 0 unspecified atom stereocenters. The molecule has 10 nitrogen and oxygen atoms in total. The van der Waals surface area contributed by atoms with Gasteiger partial charge >= 0.3 is 12.2 Å². The fourth-order valence-electron chi connectivity index (χ4n) is 8.73. The molecule has 2 aliphatic carbocycles. The highest BCUT2D eigenvalue weighted by molar-refractivity contribution is 7.40. The molecule has 332 valence electrons. The van der Waals surface area contributed by atoms with Gasteiger partial charge in [0.1, 0.15) is 36.5 Å². The molecule has 6 heterocycles. The van der Waals surface area contributed by atoms with Crippen LogP contribution in [0, 0.1) is 23.3 Å². The van der Waals surface area contributed by atoms with Crippen molar-refractivity contribution < 1.29 is 55.8 Å². The molecule has 12 rings (SSSR count). The number of aromatic nitrogens is 2. The summed E-state index contributed by atoms with van der Waals surface area (Å²) in [5.74, 6) is -8.46. The Kier molecular flexibility index (Phi) is 9.49. The molecule has 0 saturated heterocycles. The topological polar surface area (TPSA) is 131 Å². The van der Waals surface area contributed by atoms with Crippen LogP contribution in [0.4, 0.5) is 27.2 Å². The number of thiophene rings is 4. The largest absolute Gasteiger partial charge is 0.444 e. The Bertz CT molecular complexity index is 3780. The van der Waals surface area contributed by atoms with E-state index in [-0.39, 0.29) is 35.5 Å². The number of carbonyl (C=O) groups excluding carboxylic acids is 6. The Labute approximate surface area is 393 Å². The Hall–Kier alpha value is -7.64. The molecule has 6 aromatic heterocycles. The Morgan fingerprint density at radius 1 is 0.485 bits per heavy atom. The molecule has 0 N–H and O–H groups in total. The van der Waals surface area contributed by atoms with Gasteiger partial charge in [-0.05, 0) is 47.5 Å². The Morgan fingerprint density at radius 3 is 1.26 bits per heavy atom. The van der Waals surface area contributed by atoms with E-state index >= 15 is 0 Å². The number of allylic oxidation sites excluding steroid dienone is 2. The number of ketones is 4. The predicted molar refractivity (Wildman–Crippen MR) is 253 cm³/mol. The van der Waals surface area contributed by atoms with Crippen LogP contribution in [0.1, 0.15) is 52.7 Å². The van der Waals surface area contributed by atoms with Gasteiger partial charge in [-0.3, -0.25) is 19.2 Å². The van der Waals surface area contributed by atoms with Crippen molar-refractivity contribution in [1.82, 2.24) is 9.13 Å². The lowest BCUT2D eigenvalue weighted by Gasteiger charge is -2.07. The Balaban J connectivity index is 1.06. The molecular weight excluding hydrogens is 961 g/mol. The van der Waals surface area contributed by atoms with Crippen molar-refractivity contribution in [3.05, 3.63) is 163 Å². The van der Waals surface area contributed by atoms with Crippen LogP contribution in [0.5, 0.6) is 0 Å². The van der Waals surface area contributed by atoms with Gasteiger partial charge in [-0.2, -0.15) is 0 Å². The first-order valence-electron chi connectivity index (χ1n) is 20.3. The van der Waals surface area contributed by atoms with Gasteiger partial charge < -0.3 is 9.47 Å². The third-order valence-electron chi connectivity index (χ3n) is 11.7. The molecule has 0 amide bonds. The van der Waals surface area contributed by atoms with Gasteiger partial charge in [0.25, 0.3) is 0 Å². The number of hydrogen-bond donors (Lipinski definition) is 0. The lowest BCUT2D eigenvalue weighted by Crippen LogP contribution is -2.13. The van der Waals surface area contributed by atoms with E-state index in [1.54, 1.807) is 60.7 Å². The maximum atomic E-state index is 14.8.